The van der Waals surface area contributed by atoms with Crippen molar-refractivity contribution in [2.24, 2.45) is 0 Å². The van der Waals surface area contributed by atoms with Crippen LogP contribution in [0, 0.1) is 0 Å². The summed E-state index contributed by atoms with van der Waals surface area (Å²) >= 11 is 0. The Morgan fingerprint density at radius 2 is 1.62 bits per heavy atom. The Morgan fingerprint density at radius 1 is 0.905 bits per heavy atom. The third kappa shape index (κ3) is 3.95. The molecule has 1 fully saturated rings. The van der Waals surface area contributed by atoms with E-state index >= 15 is 0 Å². The Bertz CT molecular complexity index is 518. The normalized spacial score (nSPS) is 15.9. The first-order chi connectivity index (χ1) is 10.4. The molecule has 3 rings (SSSR count). The van der Waals surface area contributed by atoms with Crippen molar-refractivity contribution in [3.05, 3.63) is 54.9 Å². The van der Waals surface area contributed by atoms with Gasteiger partial charge in [-0.25, -0.2) is 0 Å². The van der Waals surface area contributed by atoms with Gasteiger partial charge in [0, 0.05) is 63.0 Å². The summed E-state index contributed by atoms with van der Waals surface area (Å²) in [6.45, 7) is 6.53. The number of anilines is 2. The number of hydrogen-bond acceptors (Lipinski definition) is 4. The predicted octanol–water partition coefficient (Wildman–Crippen LogP) is 2.32. The van der Waals surface area contributed by atoms with Gasteiger partial charge in [-0.1, -0.05) is 18.2 Å². The molecule has 0 unspecified atom stereocenters. The monoisotopic (exact) mass is 282 g/mol. The van der Waals surface area contributed by atoms with Crippen LogP contribution < -0.4 is 10.2 Å². The average molecular weight is 282 g/mol. The lowest BCUT2D eigenvalue weighted by Crippen LogP contribution is -2.47. The number of para-hydroxylation sites is 1. The van der Waals surface area contributed by atoms with E-state index < -0.39 is 0 Å². The summed E-state index contributed by atoms with van der Waals surface area (Å²) in [6.07, 6.45) is 3.73. The van der Waals surface area contributed by atoms with Crippen molar-refractivity contribution < 1.29 is 0 Å². The van der Waals surface area contributed by atoms with E-state index in [1.165, 1.54) is 11.4 Å². The van der Waals surface area contributed by atoms with Gasteiger partial charge in [-0.05, 0) is 24.3 Å². The number of piperazine rings is 1. The lowest BCUT2D eigenvalue weighted by atomic mass is 10.2. The first-order valence-electron chi connectivity index (χ1n) is 7.58. The smallest absolute Gasteiger partial charge is 0.0397 e. The highest BCUT2D eigenvalue weighted by Gasteiger charge is 2.16. The maximum atomic E-state index is 4.08. The second kappa shape index (κ2) is 7.09. The largest absolute Gasteiger partial charge is 0.384 e. The van der Waals surface area contributed by atoms with Crippen molar-refractivity contribution in [2.45, 2.75) is 0 Å². The van der Waals surface area contributed by atoms with Crippen molar-refractivity contribution in [3.63, 3.8) is 0 Å². The van der Waals surface area contributed by atoms with Crippen LogP contribution in [0.15, 0.2) is 54.9 Å². The Labute approximate surface area is 126 Å². The molecule has 0 aliphatic carbocycles. The van der Waals surface area contributed by atoms with Crippen molar-refractivity contribution in [1.29, 1.82) is 0 Å². The maximum Gasteiger partial charge on any atom is 0.0397 e. The van der Waals surface area contributed by atoms with E-state index in [0.717, 1.165) is 39.3 Å². The molecule has 0 bridgehead atoms. The zero-order valence-corrected chi connectivity index (χ0v) is 12.3. The van der Waals surface area contributed by atoms with Crippen LogP contribution in [0.4, 0.5) is 11.4 Å². The number of nitrogens with zero attached hydrogens (tertiary/aromatic N) is 3. The quantitative estimate of drug-likeness (QED) is 0.912. The molecule has 2 aromatic rings. The van der Waals surface area contributed by atoms with Crippen LogP contribution in [-0.4, -0.2) is 49.2 Å². The topological polar surface area (TPSA) is 31.4 Å². The molecule has 0 spiro atoms. The Hall–Kier alpha value is -2.07. The molecule has 4 nitrogen and oxygen atoms in total. The van der Waals surface area contributed by atoms with Crippen LogP contribution >= 0.6 is 0 Å². The molecule has 21 heavy (non-hydrogen) atoms. The second-order valence-corrected chi connectivity index (χ2v) is 5.33. The summed E-state index contributed by atoms with van der Waals surface area (Å²) in [4.78, 5) is 9.03. The minimum absolute atomic E-state index is 0.999. The molecule has 0 radical (unpaired) electrons. The third-order valence-electron chi connectivity index (χ3n) is 3.93. The van der Waals surface area contributed by atoms with Gasteiger partial charge in [0.2, 0.25) is 0 Å². The number of nitrogens with one attached hydrogen (secondary N) is 1. The van der Waals surface area contributed by atoms with E-state index in [0.29, 0.717) is 0 Å². The fraction of sp³-hybridized carbons (Fsp3) is 0.353. The average Bonchev–Trinajstić information content (AvgIpc) is 2.57. The van der Waals surface area contributed by atoms with Gasteiger partial charge >= 0.3 is 0 Å². The van der Waals surface area contributed by atoms with Crippen LogP contribution in [0.25, 0.3) is 0 Å². The van der Waals surface area contributed by atoms with Gasteiger partial charge in [0.15, 0.2) is 0 Å². The summed E-state index contributed by atoms with van der Waals surface area (Å²) in [5.41, 5.74) is 2.49. The minimum Gasteiger partial charge on any atom is -0.384 e. The fourth-order valence-corrected chi connectivity index (χ4v) is 2.70. The van der Waals surface area contributed by atoms with Crippen LogP contribution in [0.5, 0.6) is 0 Å². The Kier molecular flexibility index (Phi) is 4.69. The zero-order valence-electron chi connectivity index (χ0n) is 12.3. The number of pyridine rings is 1. The molecule has 1 aromatic carbocycles. The molecule has 0 saturated carbocycles. The standard InChI is InChI=1S/C17H22N4/c1-2-4-16(5-3-1)19-10-11-20-12-14-21(15-13-20)17-6-8-18-9-7-17/h1-9,19H,10-15H2. The number of benzene rings is 1. The van der Waals surface area contributed by atoms with Gasteiger partial charge < -0.3 is 10.2 Å². The van der Waals surface area contributed by atoms with Crippen molar-refractivity contribution in [3.8, 4) is 0 Å². The lowest BCUT2D eigenvalue weighted by Gasteiger charge is -2.36. The number of hydrogen-bond donors (Lipinski definition) is 1. The van der Waals surface area contributed by atoms with Crippen molar-refractivity contribution >= 4 is 11.4 Å². The van der Waals surface area contributed by atoms with Gasteiger partial charge in [-0.2, -0.15) is 0 Å². The van der Waals surface area contributed by atoms with Crippen LogP contribution in [0.1, 0.15) is 0 Å². The molecule has 110 valence electrons. The van der Waals surface area contributed by atoms with Gasteiger partial charge in [0.25, 0.3) is 0 Å². The zero-order chi connectivity index (χ0) is 14.3. The summed E-state index contributed by atoms with van der Waals surface area (Å²) in [5, 5.41) is 3.47. The summed E-state index contributed by atoms with van der Waals surface area (Å²) in [7, 11) is 0. The van der Waals surface area contributed by atoms with E-state index in [4.69, 9.17) is 0 Å². The summed E-state index contributed by atoms with van der Waals surface area (Å²) < 4.78 is 0. The maximum absolute atomic E-state index is 4.08. The van der Waals surface area contributed by atoms with Gasteiger partial charge in [0.05, 0.1) is 0 Å². The highest BCUT2D eigenvalue weighted by molar-refractivity contribution is 5.45. The van der Waals surface area contributed by atoms with Crippen LogP contribution in [-0.2, 0) is 0 Å². The van der Waals surface area contributed by atoms with Crippen LogP contribution in [0.3, 0.4) is 0 Å². The fourth-order valence-electron chi connectivity index (χ4n) is 2.70. The predicted molar refractivity (Wildman–Crippen MR) is 87.8 cm³/mol. The summed E-state index contributed by atoms with van der Waals surface area (Å²) in [6, 6.07) is 14.6. The first kappa shape index (κ1) is 13.9. The minimum atomic E-state index is 0.999. The SMILES string of the molecule is c1ccc(NCCN2CCN(c3ccncc3)CC2)cc1. The molecule has 4 heteroatoms. The van der Waals surface area contributed by atoms with E-state index in [1.807, 2.05) is 18.5 Å². The molecule has 1 N–H and O–H groups in total. The molecule has 1 aliphatic heterocycles. The molecule has 0 amide bonds. The van der Waals surface area contributed by atoms with Gasteiger partial charge in [-0.15, -0.1) is 0 Å². The van der Waals surface area contributed by atoms with E-state index in [2.05, 4.69) is 56.5 Å². The molecule has 2 heterocycles. The first-order valence-corrected chi connectivity index (χ1v) is 7.58. The lowest BCUT2D eigenvalue weighted by molar-refractivity contribution is 0.267. The molecule has 0 atom stereocenters. The van der Waals surface area contributed by atoms with Gasteiger partial charge in [-0.3, -0.25) is 9.88 Å². The Balaban J connectivity index is 1.40. The molecule has 1 saturated heterocycles. The summed E-state index contributed by atoms with van der Waals surface area (Å²) in [5.74, 6) is 0. The highest BCUT2D eigenvalue weighted by Crippen LogP contribution is 2.14. The third-order valence-corrected chi connectivity index (χ3v) is 3.93. The highest BCUT2D eigenvalue weighted by atomic mass is 15.3. The second-order valence-electron chi connectivity index (χ2n) is 5.33. The van der Waals surface area contributed by atoms with E-state index in [9.17, 15) is 0 Å². The van der Waals surface area contributed by atoms with Crippen molar-refractivity contribution in [2.75, 3.05) is 49.5 Å². The number of aromatic nitrogens is 1. The van der Waals surface area contributed by atoms with Crippen LogP contribution in [0.2, 0.25) is 0 Å². The van der Waals surface area contributed by atoms with E-state index in [1.54, 1.807) is 0 Å². The van der Waals surface area contributed by atoms with Crippen molar-refractivity contribution in [1.82, 2.24) is 9.88 Å². The van der Waals surface area contributed by atoms with Gasteiger partial charge in [0.1, 0.15) is 0 Å². The molecule has 1 aromatic heterocycles. The van der Waals surface area contributed by atoms with E-state index in [-0.39, 0.29) is 0 Å². The molecular formula is C17H22N4. The number of rotatable bonds is 5. The molecular weight excluding hydrogens is 260 g/mol. The Morgan fingerprint density at radius 3 is 2.33 bits per heavy atom. The molecule has 1 aliphatic rings.